The van der Waals surface area contributed by atoms with E-state index < -0.39 is 0 Å². The predicted octanol–water partition coefficient (Wildman–Crippen LogP) is 5.46. The molecule has 0 aliphatic carbocycles. The maximum atomic E-state index is 16.3. The number of anilines is 4. The van der Waals surface area contributed by atoms with E-state index >= 15 is 4.48 Å². The molecule has 4 aromatic rings. The monoisotopic (exact) mass is 484 g/mol. The van der Waals surface area contributed by atoms with Gasteiger partial charge in [0.15, 0.2) is 0 Å². The summed E-state index contributed by atoms with van der Waals surface area (Å²) in [5.41, 5.74) is 4.96. The van der Waals surface area contributed by atoms with Crippen LogP contribution in [0.2, 0.25) is 0 Å². The predicted molar refractivity (Wildman–Crippen MR) is 142 cm³/mol. The lowest BCUT2D eigenvalue weighted by atomic mass is 10.0. The summed E-state index contributed by atoms with van der Waals surface area (Å²) in [5, 5.41) is 1.51. The first-order valence-corrected chi connectivity index (χ1v) is 12.5. The van der Waals surface area contributed by atoms with Crippen LogP contribution >= 0.6 is 0 Å². The van der Waals surface area contributed by atoms with Gasteiger partial charge in [0, 0.05) is 48.9 Å². The van der Waals surface area contributed by atoms with Gasteiger partial charge in [0.25, 0.3) is 0 Å². The van der Waals surface area contributed by atoms with Crippen molar-refractivity contribution in [2.75, 3.05) is 54.3 Å². The number of nitrogens with zero attached hydrogens (tertiary/aromatic N) is 6. The Morgan fingerprint density at radius 1 is 0.944 bits per heavy atom. The summed E-state index contributed by atoms with van der Waals surface area (Å²) >= 11 is 0. The Hall–Kier alpha value is -3.78. The van der Waals surface area contributed by atoms with Gasteiger partial charge >= 0.3 is 0 Å². The SMILES string of the molecule is Cc1c(-c2ccnc(N3CCCC3)c2)nc2ccccc2c1N(F)c1cncc(N2CCOCC2)c1. The van der Waals surface area contributed by atoms with E-state index in [4.69, 9.17) is 9.72 Å². The van der Waals surface area contributed by atoms with Crippen LogP contribution < -0.4 is 14.9 Å². The molecule has 2 aliphatic heterocycles. The minimum Gasteiger partial charge on any atom is -0.378 e. The van der Waals surface area contributed by atoms with Crippen molar-refractivity contribution in [3.05, 3.63) is 66.6 Å². The quantitative estimate of drug-likeness (QED) is 0.349. The van der Waals surface area contributed by atoms with Gasteiger partial charge in [0.05, 0.1) is 53.9 Å². The first kappa shape index (κ1) is 22.7. The highest BCUT2D eigenvalue weighted by Gasteiger charge is 2.22. The third-order valence-corrected chi connectivity index (χ3v) is 7.06. The van der Waals surface area contributed by atoms with Gasteiger partial charge in [-0.15, -0.1) is 0 Å². The van der Waals surface area contributed by atoms with Crippen molar-refractivity contribution in [1.82, 2.24) is 15.0 Å². The molecule has 1 aromatic carbocycles. The van der Waals surface area contributed by atoms with Gasteiger partial charge in [-0.25, -0.2) is 9.97 Å². The third kappa shape index (κ3) is 4.22. The molecule has 0 unspecified atom stereocenters. The van der Waals surface area contributed by atoms with Gasteiger partial charge in [0.1, 0.15) is 5.82 Å². The summed E-state index contributed by atoms with van der Waals surface area (Å²) in [6, 6.07) is 13.6. The number of fused-ring (bicyclic) bond motifs is 1. The molecule has 6 rings (SSSR count). The molecule has 2 fully saturated rings. The lowest BCUT2D eigenvalue weighted by Gasteiger charge is -2.29. The van der Waals surface area contributed by atoms with Crippen molar-refractivity contribution in [1.29, 1.82) is 0 Å². The van der Waals surface area contributed by atoms with Crippen LogP contribution in [0, 0.1) is 6.92 Å². The fourth-order valence-electron chi connectivity index (χ4n) is 5.16. The Labute approximate surface area is 210 Å². The van der Waals surface area contributed by atoms with Crippen LogP contribution in [-0.2, 0) is 4.74 Å². The molecule has 3 aromatic heterocycles. The number of aromatic nitrogens is 3. The number of halogens is 1. The molecule has 0 spiro atoms. The van der Waals surface area contributed by atoms with E-state index in [1.54, 1.807) is 12.4 Å². The number of hydrogen-bond donors (Lipinski definition) is 0. The van der Waals surface area contributed by atoms with Gasteiger partial charge in [-0.3, -0.25) is 4.98 Å². The van der Waals surface area contributed by atoms with E-state index in [0.717, 1.165) is 70.5 Å². The summed E-state index contributed by atoms with van der Waals surface area (Å²) in [4.78, 5) is 18.4. The standard InChI is InChI=1S/C28H29FN6O/c1-20-27(21-8-9-31-26(16-21)34-10-4-5-11-34)32-25-7-3-2-6-24(25)28(20)35(29)23-17-22(18-30-19-23)33-12-14-36-15-13-33/h2-3,6-9,16-19H,4-5,10-15H2,1H3. The Morgan fingerprint density at radius 3 is 2.58 bits per heavy atom. The molecular weight excluding hydrogens is 455 g/mol. The zero-order valence-corrected chi connectivity index (χ0v) is 20.4. The second kappa shape index (κ2) is 9.70. The zero-order valence-electron chi connectivity index (χ0n) is 20.4. The number of rotatable bonds is 5. The van der Waals surface area contributed by atoms with E-state index in [1.807, 2.05) is 49.5 Å². The van der Waals surface area contributed by atoms with Crippen LogP contribution in [-0.4, -0.2) is 54.3 Å². The molecular formula is C28H29FN6O. The molecule has 0 bridgehead atoms. The number of para-hydroxylation sites is 1. The van der Waals surface area contributed by atoms with Crippen molar-refractivity contribution in [2.24, 2.45) is 0 Å². The highest BCUT2D eigenvalue weighted by Crippen LogP contribution is 2.40. The van der Waals surface area contributed by atoms with Crippen LogP contribution in [0.15, 0.2) is 61.1 Å². The number of morpholine rings is 1. The van der Waals surface area contributed by atoms with Crippen molar-refractivity contribution in [3.63, 3.8) is 0 Å². The van der Waals surface area contributed by atoms with E-state index in [2.05, 4.69) is 25.8 Å². The fraction of sp³-hybridized carbons (Fsp3) is 0.321. The molecule has 36 heavy (non-hydrogen) atoms. The largest absolute Gasteiger partial charge is 0.378 e. The summed E-state index contributed by atoms with van der Waals surface area (Å²) in [5.74, 6) is 0.945. The summed E-state index contributed by atoms with van der Waals surface area (Å²) in [6.45, 7) is 6.80. The van der Waals surface area contributed by atoms with E-state index in [0.29, 0.717) is 24.6 Å². The molecule has 7 nitrogen and oxygen atoms in total. The molecule has 8 heteroatoms. The van der Waals surface area contributed by atoms with Crippen LogP contribution in [0.3, 0.4) is 0 Å². The van der Waals surface area contributed by atoms with Crippen molar-refractivity contribution in [2.45, 2.75) is 19.8 Å². The molecule has 184 valence electrons. The van der Waals surface area contributed by atoms with Crippen LogP contribution in [0.4, 0.5) is 27.4 Å². The van der Waals surface area contributed by atoms with E-state index in [9.17, 15) is 0 Å². The maximum Gasteiger partial charge on any atom is 0.129 e. The first-order valence-electron chi connectivity index (χ1n) is 12.5. The van der Waals surface area contributed by atoms with Gasteiger partial charge in [-0.1, -0.05) is 22.7 Å². The average Bonchev–Trinajstić information content (AvgIpc) is 3.48. The van der Waals surface area contributed by atoms with Gasteiger partial charge in [-0.2, -0.15) is 5.12 Å². The summed E-state index contributed by atoms with van der Waals surface area (Å²) < 4.78 is 21.8. The maximum absolute atomic E-state index is 16.3. The molecule has 0 atom stereocenters. The minimum absolute atomic E-state index is 0.386. The van der Waals surface area contributed by atoms with Crippen molar-refractivity contribution >= 4 is 33.8 Å². The second-order valence-corrected chi connectivity index (χ2v) is 9.33. The fourth-order valence-corrected chi connectivity index (χ4v) is 5.16. The van der Waals surface area contributed by atoms with Crippen molar-refractivity contribution in [3.8, 4) is 11.3 Å². The molecule has 0 radical (unpaired) electrons. The van der Waals surface area contributed by atoms with Crippen molar-refractivity contribution < 1.29 is 9.22 Å². The molecule has 2 aliphatic rings. The normalized spacial score (nSPS) is 16.1. The molecule has 2 saturated heterocycles. The number of ether oxygens (including phenoxy) is 1. The number of benzene rings is 1. The van der Waals surface area contributed by atoms with Gasteiger partial charge in [0.2, 0.25) is 0 Å². The third-order valence-electron chi connectivity index (χ3n) is 7.06. The smallest absolute Gasteiger partial charge is 0.129 e. The van der Waals surface area contributed by atoms with E-state index in [1.165, 1.54) is 12.8 Å². The summed E-state index contributed by atoms with van der Waals surface area (Å²) in [7, 11) is 0. The van der Waals surface area contributed by atoms with Gasteiger partial charge in [-0.05, 0) is 44.0 Å². The van der Waals surface area contributed by atoms with Gasteiger partial charge < -0.3 is 14.5 Å². The summed E-state index contributed by atoms with van der Waals surface area (Å²) in [6.07, 6.45) is 7.52. The van der Waals surface area contributed by atoms with Crippen LogP contribution in [0.5, 0.6) is 0 Å². The molecule has 0 N–H and O–H groups in total. The minimum atomic E-state index is 0.386. The first-order chi connectivity index (χ1) is 17.7. The Bertz CT molecular complexity index is 1380. The number of hydrogen-bond acceptors (Lipinski definition) is 7. The Balaban J connectivity index is 1.44. The highest BCUT2D eigenvalue weighted by atomic mass is 19.2. The Kier molecular flexibility index (Phi) is 6.11. The molecule has 0 saturated carbocycles. The van der Waals surface area contributed by atoms with E-state index in [-0.39, 0.29) is 0 Å². The highest BCUT2D eigenvalue weighted by molar-refractivity contribution is 5.98. The Morgan fingerprint density at radius 2 is 1.75 bits per heavy atom. The second-order valence-electron chi connectivity index (χ2n) is 9.33. The van der Waals surface area contributed by atoms with Crippen LogP contribution in [0.25, 0.3) is 22.2 Å². The number of pyridine rings is 3. The molecule has 5 heterocycles. The lowest BCUT2D eigenvalue weighted by molar-refractivity contribution is 0.122. The average molecular weight is 485 g/mol. The van der Waals surface area contributed by atoms with Crippen LogP contribution in [0.1, 0.15) is 18.4 Å². The molecule has 0 amide bonds. The topological polar surface area (TPSA) is 57.6 Å². The lowest BCUT2D eigenvalue weighted by Crippen LogP contribution is -2.36. The zero-order chi connectivity index (χ0) is 24.5.